The lowest BCUT2D eigenvalue weighted by molar-refractivity contribution is 0.0600. The number of amides is 1. The third-order valence-corrected chi connectivity index (χ3v) is 6.37. The fourth-order valence-corrected chi connectivity index (χ4v) is 4.85. The van der Waals surface area contributed by atoms with Crippen LogP contribution in [0.15, 0.2) is 18.2 Å². The van der Waals surface area contributed by atoms with Crippen molar-refractivity contribution in [1.29, 1.82) is 0 Å². The van der Waals surface area contributed by atoms with Crippen molar-refractivity contribution in [2.75, 3.05) is 36.8 Å². The third kappa shape index (κ3) is 6.45. The van der Waals surface area contributed by atoms with Crippen molar-refractivity contribution in [3.8, 4) is 0 Å². The van der Waals surface area contributed by atoms with E-state index in [2.05, 4.69) is 0 Å². The minimum Gasteiger partial charge on any atom is -0.465 e. The second kappa shape index (κ2) is 11.8. The van der Waals surface area contributed by atoms with Gasteiger partial charge in [0, 0.05) is 25.2 Å². The lowest BCUT2D eigenvalue weighted by Crippen LogP contribution is -2.38. The molecule has 1 aromatic carbocycles. The fourth-order valence-electron chi connectivity index (χ4n) is 3.23. The van der Waals surface area contributed by atoms with Crippen LogP contribution in [0.5, 0.6) is 0 Å². The number of hydrogen-bond acceptors (Lipinski definition) is 5. The van der Waals surface area contributed by atoms with Gasteiger partial charge in [-0.1, -0.05) is 27.7 Å². The van der Waals surface area contributed by atoms with Crippen LogP contribution in [0.2, 0.25) is 0 Å². The first-order valence-electron chi connectivity index (χ1n) is 10.4. The van der Waals surface area contributed by atoms with E-state index < -0.39 is 16.0 Å². The number of carbonyl (C=O) groups is 2. The topological polar surface area (TPSA) is 84.0 Å². The van der Waals surface area contributed by atoms with Crippen LogP contribution in [-0.2, 0) is 14.8 Å². The van der Waals surface area contributed by atoms with E-state index >= 15 is 0 Å². The van der Waals surface area contributed by atoms with Gasteiger partial charge in [0.1, 0.15) is 0 Å². The van der Waals surface area contributed by atoms with Crippen molar-refractivity contribution in [3.63, 3.8) is 0 Å². The van der Waals surface area contributed by atoms with Crippen LogP contribution in [0, 0.1) is 0 Å². The van der Waals surface area contributed by atoms with Gasteiger partial charge in [-0.05, 0) is 43.9 Å². The number of anilines is 1. The first-order chi connectivity index (χ1) is 13.8. The van der Waals surface area contributed by atoms with Gasteiger partial charge in [0.25, 0.3) is 5.91 Å². The number of carbonyl (C=O) groups excluding carboxylic acids is 2. The molecular weight excluding hydrogens is 392 g/mol. The number of esters is 1. The molecule has 0 radical (unpaired) electrons. The van der Waals surface area contributed by atoms with Crippen molar-refractivity contribution in [1.82, 2.24) is 4.90 Å². The Morgan fingerprint density at radius 2 is 1.62 bits per heavy atom. The standard InChI is InChI=1S/C19H28N2O5S.C2H6/c1-4-8-20(9-5-2)18(22)15-12-16(19(23)26-3)14-17(13-15)21-10-6-7-11-27(21,24)25;1-2/h12-14H,4-11H2,1-3H3;1-2H3. The number of rotatable bonds is 7. The molecule has 8 heteroatoms. The minimum absolute atomic E-state index is 0.0660. The predicted molar refractivity (Wildman–Crippen MR) is 116 cm³/mol. The highest BCUT2D eigenvalue weighted by Gasteiger charge is 2.28. The lowest BCUT2D eigenvalue weighted by Gasteiger charge is -2.29. The van der Waals surface area contributed by atoms with Gasteiger partial charge in [-0.25, -0.2) is 13.2 Å². The number of methoxy groups -OCH3 is 1. The maximum Gasteiger partial charge on any atom is 0.337 e. The summed E-state index contributed by atoms with van der Waals surface area (Å²) in [6, 6.07) is 4.53. The van der Waals surface area contributed by atoms with E-state index in [0.29, 0.717) is 37.3 Å². The molecule has 7 nitrogen and oxygen atoms in total. The molecule has 2 rings (SSSR count). The molecule has 29 heavy (non-hydrogen) atoms. The van der Waals surface area contributed by atoms with E-state index in [1.54, 1.807) is 11.0 Å². The number of hydrogen-bond donors (Lipinski definition) is 0. The average Bonchev–Trinajstić information content (AvgIpc) is 2.73. The molecule has 1 fully saturated rings. The van der Waals surface area contributed by atoms with Crippen molar-refractivity contribution >= 4 is 27.6 Å². The lowest BCUT2D eigenvalue weighted by atomic mass is 10.1. The maximum atomic E-state index is 13.0. The Morgan fingerprint density at radius 1 is 1.03 bits per heavy atom. The zero-order valence-corrected chi connectivity index (χ0v) is 19.0. The third-order valence-electron chi connectivity index (χ3n) is 4.50. The van der Waals surface area contributed by atoms with Crippen LogP contribution in [0.25, 0.3) is 0 Å². The second-order valence-electron chi connectivity index (χ2n) is 6.65. The molecule has 164 valence electrons. The van der Waals surface area contributed by atoms with Crippen molar-refractivity contribution < 1.29 is 22.7 Å². The molecule has 0 bridgehead atoms. The van der Waals surface area contributed by atoms with Crippen molar-refractivity contribution in [2.45, 2.75) is 53.4 Å². The quantitative estimate of drug-likeness (QED) is 0.621. The van der Waals surface area contributed by atoms with Crippen LogP contribution in [0.3, 0.4) is 0 Å². The summed E-state index contributed by atoms with van der Waals surface area (Å²) in [6.45, 7) is 9.53. The second-order valence-corrected chi connectivity index (χ2v) is 8.66. The molecule has 1 saturated heterocycles. The zero-order chi connectivity index (χ0) is 22.0. The Kier molecular flexibility index (Phi) is 10.2. The molecule has 1 aliphatic rings. The number of benzene rings is 1. The molecule has 0 spiro atoms. The average molecular weight is 427 g/mol. The van der Waals surface area contributed by atoms with E-state index in [0.717, 1.165) is 19.3 Å². The molecule has 0 unspecified atom stereocenters. The number of ether oxygens (including phenoxy) is 1. The first-order valence-corrected chi connectivity index (χ1v) is 12.0. The maximum absolute atomic E-state index is 13.0. The van der Waals surface area contributed by atoms with E-state index in [9.17, 15) is 18.0 Å². The monoisotopic (exact) mass is 426 g/mol. The van der Waals surface area contributed by atoms with Crippen LogP contribution in [0.4, 0.5) is 5.69 Å². The number of sulfonamides is 1. The van der Waals surface area contributed by atoms with Gasteiger partial charge >= 0.3 is 5.97 Å². The molecule has 0 aliphatic carbocycles. The van der Waals surface area contributed by atoms with Gasteiger partial charge in [0.2, 0.25) is 10.0 Å². The van der Waals surface area contributed by atoms with Gasteiger partial charge in [0.15, 0.2) is 0 Å². The minimum atomic E-state index is -3.45. The number of nitrogens with zero attached hydrogens (tertiary/aromatic N) is 2. The summed E-state index contributed by atoms with van der Waals surface area (Å²) in [5.41, 5.74) is 0.816. The molecular formula is C21H34N2O5S. The molecule has 0 saturated carbocycles. The molecule has 0 aromatic heterocycles. The smallest absolute Gasteiger partial charge is 0.337 e. The van der Waals surface area contributed by atoms with E-state index in [1.165, 1.54) is 23.5 Å². The summed E-state index contributed by atoms with van der Waals surface area (Å²) in [5, 5.41) is 0. The molecule has 1 aromatic rings. The highest BCUT2D eigenvalue weighted by Crippen LogP contribution is 2.27. The van der Waals surface area contributed by atoms with Gasteiger partial charge in [-0.3, -0.25) is 9.10 Å². The van der Waals surface area contributed by atoms with Crippen LogP contribution in [0.1, 0.15) is 74.1 Å². The van der Waals surface area contributed by atoms with Gasteiger partial charge in [-0.2, -0.15) is 0 Å². The summed E-state index contributed by atoms with van der Waals surface area (Å²) >= 11 is 0. The van der Waals surface area contributed by atoms with Gasteiger partial charge in [-0.15, -0.1) is 0 Å². The van der Waals surface area contributed by atoms with Gasteiger partial charge in [0.05, 0.1) is 24.1 Å². The summed E-state index contributed by atoms with van der Waals surface area (Å²) in [4.78, 5) is 26.8. The Hall–Kier alpha value is -2.09. The van der Waals surface area contributed by atoms with Crippen LogP contribution >= 0.6 is 0 Å². The Morgan fingerprint density at radius 3 is 2.14 bits per heavy atom. The zero-order valence-electron chi connectivity index (χ0n) is 18.2. The van der Waals surface area contributed by atoms with Gasteiger partial charge < -0.3 is 9.64 Å². The molecule has 1 heterocycles. The van der Waals surface area contributed by atoms with Crippen molar-refractivity contribution in [3.05, 3.63) is 29.3 Å². The molecule has 1 amide bonds. The van der Waals surface area contributed by atoms with E-state index in [-0.39, 0.29) is 17.2 Å². The Bertz CT molecular complexity index is 786. The Labute approximate surface area is 175 Å². The summed E-state index contributed by atoms with van der Waals surface area (Å²) < 4.78 is 31.0. The highest BCUT2D eigenvalue weighted by molar-refractivity contribution is 7.92. The first kappa shape index (κ1) is 24.9. The summed E-state index contributed by atoms with van der Waals surface area (Å²) in [6.07, 6.45) is 2.98. The predicted octanol–water partition coefficient (Wildman–Crippen LogP) is 3.69. The van der Waals surface area contributed by atoms with Crippen molar-refractivity contribution in [2.24, 2.45) is 0 Å². The SMILES string of the molecule is CC.CCCN(CCC)C(=O)c1cc(C(=O)OC)cc(N2CCCCS2(=O)=O)c1. The van der Waals surface area contributed by atoms with E-state index in [1.807, 2.05) is 27.7 Å². The van der Waals surface area contributed by atoms with E-state index in [4.69, 9.17) is 4.74 Å². The highest BCUT2D eigenvalue weighted by atomic mass is 32.2. The normalized spacial score (nSPS) is 15.1. The largest absolute Gasteiger partial charge is 0.465 e. The summed E-state index contributed by atoms with van der Waals surface area (Å²) in [7, 11) is -2.19. The molecule has 0 N–H and O–H groups in total. The fraction of sp³-hybridized carbons (Fsp3) is 0.619. The van der Waals surface area contributed by atoms with Crippen LogP contribution in [-0.4, -0.2) is 57.7 Å². The molecule has 1 aliphatic heterocycles. The van der Waals surface area contributed by atoms with Crippen LogP contribution < -0.4 is 4.31 Å². The Balaban J connectivity index is 0.00000204. The molecule has 0 atom stereocenters. The summed E-state index contributed by atoms with van der Waals surface area (Å²) in [5.74, 6) is -0.741.